The molecular formula is C15H17ClN2O5. The minimum absolute atomic E-state index is 0.258. The molecule has 1 N–H and O–H groups in total. The zero-order valence-corrected chi connectivity index (χ0v) is 13.7. The maximum atomic E-state index is 11.8. The number of nitrogens with zero attached hydrogens (tertiary/aromatic N) is 2. The van der Waals surface area contributed by atoms with E-state index < -0.39 is 29.7 Å². The number of aromatic nitrogens is 1. The Kier molecular flexibility index (Phi) is 3.95. The summed E-state index contributed by atoms with van der Waals surface area (Å²) in [5.41, 5.74) is 0.961. The van der Waals surface area contributed by atoms with Gasteiger partial charge in [-0.2, -0.15) is 0 Å². The van der Waals surface area contributed by atoms with Crippen molar-refractivity contribution in [3.63, 3.8) is 0 Å². The van der Waals surface area contributed by atoms with Gasteiger partial charge in [-0.3, -0.25) is 0 Å². The van der Waals surface area contributed by atoms with Gasteiger partial charge in [-0.05, 0) is 26.0 Å². The van der Waals surface area contributed by atoms with Crippen LogP contribution in [0.2, 0.25) is 5.15 Å². The largest absolute Gasteiger partial charge is 0.501 e. The zero-order chi connectivity index (χ0) is 16.8. The van der Waals surface area contributed by atoms with Crippen molar-refractivity contribution in [3.8, 4) is 0 Å². The highest BCUT2D eigenvalue weighted by Crippen LogP contribution is 2.35. The Hall–Kier alpha value is -1.83. The highest BCUT2D eigenvalue weighted by Gasteiger charge is 2.47. The first-order valence-electron chi connectivity index (χ1n) is 7.10. The van der Waals surface area contributed by atoms with Crippen molar-refractivity contribution >= 4 is 23.3 Å². The molecule has 0 amide bonds. The minimum Gasteiger partial charge on any atom is -0.501 e. The highest BCUT2D eigenvalue weighted by atomic mass is 35.5. The number of ether oxygens (including phenoxy) is 3. The molecule has 2 atom stereocenters. The number of hydrogen-bond donors (Lipinski definition) is 1. The number of hydrogen-bond acceptors (Lipinski definition) is 7. The van der Waals surface area contributed by atoms with E-state index in [1.54, 1.807) is 44.1 Å². The third kappa shape index (κ3) is 2.99. The Morgan fingerprint density at radius 2 is 2.17 bits per heavy atom. The van der Waals surface area contributed by atoms with Crippen molar-refractivity contribution in [2.45, 2.75) is 31.8 Å². The summed E-state index contributed by atoms with van der Waals surface area (Å²) < 4.78 is 16.5. The van der Waals surface area contributed by atoms with Gasteiger partial charge in [-0.15, -0.1) is 0 Å². The van der Waals surface area contributed by atoms with Crippen LogP contribution in [0.3, 0.4) is 0 Å². The molecule has 0 unspecified atom stereocenters. The number of aliphatic hydroxyl groups is 1. The highest BCUT2D eigenvalue weighted by molar-refractivity contribution is 6.29. The summed E-state index contributed by atoms with van der Waals surface area (Å²) in [5.74, 6) is -1.99. The van der Waals surface area contributed by atoms with Crippen LogP contribution in [0.1, 0.15) is 13.8 Å². The van der Waals surface area contributed by atoms with E-state index in [4.69, 9.17) is 25.8 Å². The van der Waals surface area contributed by atoms with Gasteiger partial charge in [0.05, 0.1) is 18.5 Å². The molecule has 3 heterocycles. The van der Waals surface area contributed by atoms with Crippen molar-refractivity contribution in [2.75, 3.05) is 18.6 Å². The first kappa shape index (κ1) is 16.0. The summed E-state index contributed by atoms with van der Waals surface area (Å²) in [6.07, 6.45) is 0.277. The number of likely N-dealkylation sites (N-methyl/N-ethyl adjacent to an activating group) is 1. The van der Waals surface area contributed by atoms with Crippen LogP contribution in [0.15, 0.2) is 29.8 Å². The van der Waals surface area contributed by atoms with Crippen molar-refractivity contribution < 1.29 is 24.1 Å². The maximum Gasteiger partial charge on any atom is 0.376 e. The molecule has 124 valence electrons. The average Bonchev–Trinajstić information content (AvgIpc) is 3.00. The molecule has 0 radical (unpaired) electrons. The van der Waals surface area contributed by atoms with Gasteiger partial charge in [0.1, 0.15) is 17.0 Å². The normalized spacial score (nSPS) is 26.5. The van der Waals surface area contributed by atoms with E-state index in [-0.39, 0.29) is 6.61 Å². The van der Waals surface area contributed by atoms with E-state index in [0.29, 0.717) is 16.5 Å². The maximum absolute atomic E-state index is 11.8. The Morgan fingerprint density at radius 1 is 1.43 bits per heavy atom. The summed E-state index contributed by atoms with van der Waals surface area (Å²) in [5, 5.41) is 10.5. The third-order valence-electron chi connectivity index (χ3n) is 3.77. The number of cyclic esters (lactones) is 1. The van der Waals surface area contributed by atoms with Crippen molar-refractivity contribution in [2.24, 2.45) is 0 Å². The quantitative estimate of drug-likeness (QED) is 0.666. The summed E-state index contributed by atoms with van der Waals surface area (Å²) in [6, 6.07) is 3.35. The van der Waals surface area contributed by atoms with Crippen LogP contribution in [-0.2, 0) is 19.0 Å². The number of carbonyl (C=O) groups excluding carboxylic acids is 1. The lowest BCUT2D eigenvalue weighted by Gasteiger charge is -2.27. The molecule has 1 fully saturated rings. The fraction of sp³-hybridized carbons (Fsp3) is 0.467. The number of pyridine rings is 1. The van der Waals surface area contributed by atoms with E-state index in [9.17, 15) is 9.90 Å². The lowest BCUT2D eigenvalue weighted by atomic mass is 10.1. The Balaban J connectivity index is 1.90. The molecule has 7 nitrogen and oxygen atoms in total. The van der Waals surface area contributed by atoms with Crippen LogP contribution >= 0.6 is 11.6 Å². The lowest BCUT2D eigenvalue weighted by molar-refractivity contribution is -0.161. The molecule has 0 aliphatic carbocycles. The number of aliphatic hydroxyl groups excluding tert-OH is 1. The number of rotatable bonds is 3. The summed E-state index contributed by atoms with van der Waals surface area (Å²) in [6.45, 7) is 3.81. The molecule has 2 aliphatic rings. The topological polar surface area (TPSA) is 81.1 Å². The van der Waals surface area contributed by atoms with Crippen molar-refractivity contribution in [3.05, 3.63) is 34.9 Å². The van der Waals surface area contributed by atoms with Gasteiger partial charge in [0.15, 0.2) is 11.9 Å². The predicted octanol–water partition coefficient (Wildman–Crippen LogP) is 2.02. The molecular weight excluding hydrogens is 324 g/mol. The van der Waals surface area contributed by atoms with Crippen molar-refractivity contribution in [1.82, 2.24) is 4.98 Å². The van der Waals surface area contributed by atoms with Crippen LogP contribution in [0.4, 0.5) is 5.69 Å². The van der Waals surface area contributed by atoms with Crippen LogP contribution in [0.5, 0.6) is 0 Å². The molecule has 1 aromatic rings. The van der Waals surface area contributed by atoms with E-state index >= 15 is 0 Å². The van der Waals surface area contributed by atoms with Crippen LogP contribution in [0, 0.1) is 0 Å². The number of esters is 1. The Bertz CT molecular complexity index is 658. The predicted molar refractivity (Wildman–Crippen MR) is 82.1 cm³/mol. The van der Waals surface area contributed by atoms with Gasteiger partial charge < -0.3 is 24.2 Å². The van der Waals surface area contributed by atoms with Gasteiger partial charge in [-0.1, -0.05) is 11.6 Å². The van der Waals surface area contributed by atoms with E-state index in [1.807, 2.05) is 0 Å². The number of anilines is 1. The smallest absolute Gasteiger partial charge is 0.376 e. The fourth-order valence-corrected chi connectivity index (χ4v) is 2.75. The fourth-order valence-electron chi connectivity index (χ4n) is 2.64. The average molecular weight is 341 g/mol. The van der Waals surface area contributed by atoms with Crippen molar-refractivity contribution in [1.29, 1.82) is 0 Å². The molecule has 1 saturated heterocycles. The minimum atomic E-state index is -0.785. The molecule has 3 rings (SSSR count). The monoisotopic (exact) mass is 340 g/mol. The van der Waals surface area contributed by atoms with E-state index in [1.165, 1.54) is 0 Å². The molecule has 0 aromatic carbocycles. The third-order valence-corrected chi connectivity index (χ3v) is 3.99. The van der Waals surface area contributed by atoms with Gasteiger partial charge in [0.25, 0.3) is 0 Å². The molecule has 1 aromatic heterocycles. The molecule has 0 saturated carbocycles. The van der Waals surface area contributed by atoms with Gasteiger partial charge in [-0.25, -0.2) is 9.78 Å². The first-order chi connectivity index (χ1) is 10.8. The zero-order valence-electron chi connectivity index (χ0n) is 12.9. The van der Waals surface area contributed by atoms with E-state index in [2.05, 4.69) is 4.98 Å². The van der Waals surface area contributed by atoms with Gasteiger partial charge in [0, 0.05) is 7.05 Å². The second-order valence-electron chi connectivity index (χ2n) is 5.83. The molecule has 23 heavy (non-hydrogen) atoms. The number of carbonyl (C=O) groups is 1. The molecule has 0 spiro atoms. The van der Waals surface area contributed by atoms with Gasteiger partial charge in [0.2, 0.25) is 5.76 Å². The summed E-state index contributed by atoms with van der Waals surface area (Å²) in [7, 11) is 1.70. The van der Waals surface area contributed by atoms with Gasteiger partial charge >= 0.3 is 5.97 Å². The second kappa shape index (κ2) is 5.67. The number of halogens is 1. The Morgan fingerprint density at radius 3 is 2.74 bits per heavy atom. The van der Waals surface area contributed by atoms with Crippen LogP contribution < -0.4 is 4.90 Å². The lowest BCUT2D eigenvalue weighted by Crippen LogP contribution is -2.37. The first-order valence-corrected chi connectivity index (χ1v) is 7.47. The van der Waals surface area contributed by atoms with Crippen LogP contribution in [0.25, 0.3) is 0 Å². The summed E-state index contributed by atoms with van der Waals surface area (Å²) >= 11 is 5.79. The molecule has 8 heteroatoms. The summed E-state index contributed by atoms with van der Waals surface area (Å²) in [4.78, 5) is 17.4. The SMILES string of the molecule is CN(C1=C(O)C(=O)O[C@@H]1[C@@H]1COC(C)(C)O1)c1ccc(Cl)nc1. The van der Waals surface area contributed by atoms with Crippen LogP contribution in [-0.4, -0.2) is 47.7 Å². The molecule has 2 aliphatic heterocycles. The standard InChI is InChI=1S/C15H17ClN2O5/c1-15(2)21-7-9(23-15)13-11(12(19)14(20)22-13)18(3)8-4-5-10(16)17-6-8/h4-6,9,13,19H,7H2,1-3H3/t9-,13+/m0/s1. The second-order valence-corrected chi connectivity index (χ2v) is 6.21. The Labute approximate surface area is 138 Å². The molecule has 0 bridgehead atoms. The van der Waals surface area contributed by atoms with E-state index in [0.717, 1.165) is 0 Å².